The van der Waals surface area contributed by atoms with Crippen molar-refractivity contribution in [2.45, 2.75) is 0 Å². The molecule has 0 aliphatic rings. The summed E-state index contributed by atoms with van der Waals surface area (Å²) in [6.07, 6.45) is 0. The standard InChI is InChI=1S/C21H13ClN2/c22-15-9-10-18-19(12-15)24-21(23-18)20-16-7-3-1-5-13(16)11-14-6-2-4-8-17(14)20/h1-12H,(H,23,24). The van der Waals surface area contributed by atoms with Gasteiger partial charge >= 0.3 is 0 Å². The van der Waals surface area contributed by atoms with E-state index in [4.69, 9.17) is 16.6 Å². The number of imidazole rings is 1. The molecule has 5 aromatic rings. The van der Waals surface area contributed by atoms with E-state index in [-0.39, 0.29) is 0 Å². The second-order valence-electron chi connectivity index (χ2n) is 5.94. The van der Waals surface area contributed by atoms with Crippen LogP contribution in [0.4, 0.5) is 0 Å². The number of H-pyrrole nitrogens is 1. The van der Waals surface area contributed by atoms with Crippen LogP contribution in [-0.2, 0) is 0 Å². The first kappa shape index (κ1) is 13.6. The molecule has 1 N–H and O–H groups in total. The van der Waals surface area contributed by atoms with Crippen LogP contribution in [0.25, 0.3) is 44.0 Å². The van der Waals surface area contributed by atoms with Crippen molar-refractivity contribution in [1.29, 1.82) is 0 Å². The summed E-state index contributed by atoms with van der Waals surface area (Å²) in [5.41, 5.74) is 3.01. The quantitative estimate of drug-likeness (QED) is 0.365. The number of aromatic amines is 1. The number of hydrogen-bond acceptors (Lipinski definition) is 1. The number of nitrogens with one attached hydrogen (secondary N) is 1. The molecule has 24 heavy (non-hydrogen) atoms. The lowest BCUT2D eigenvalue weighted by Gasteiger charge is -2.09. The predicted molar refractivity (Wildman–Crippen MR) is 102 cm³/mol. The van der Waals surface area contributed by atoms with Gasteiger partial charge in [0.2, 0.25) is 0 Å². The van der Waals surface area contributed by atoms with Crippen LogP contribution in [0.2, 0.25) is 5.02 Å². The van der Waals surface area contributed by atoms with E-state index in [0.717, 1.165) is 22.4 Å². The Kier molecular flexibility index (Phi) is 2.88. The number of benzene rings is 4. The van der Waals surface area contributed by atoms with Crippen molar-refractivity contribution in [2.24, 2.45) is 0 Å². The number of nitrogens with zero attached hydrogens (tertiary/aromatic N) is 1. The van der Waals surface area contributed by atoms with Crippen LogP contribution in [0.5, 0.6) is 0 Å². The number of hydrogen-bond donors (Lipinski definition) is 1. The van der Waals surface area contributed by atoms with E-state index in [1.165, 1.54) is 21.5 Å². The van der Waals surface area contributed by atoms with Crippen LogP contribution < -0.4 is 0 Å². The molecule has 114 valence electrons. The van der Waals surface area contributed by atoms with Crippen molar-refractivity contribution in [3.8, 4) is 11.4 Å². The molecule has 0 saturated heterocycles. The Morgan fingerprint density at radius 1 is 0.750 bits per heavy atom. The molecule has 5 rings (SSSR count). The fourth-order valence-electron chi connectivity index (χ4n) is 3.37. The highest BCUT2D eigenvalue weighted by molar-refractivity contribution is 6.31. The van der Waals surface area contributed by atoms with Gasteiger partial charge in [-0.3, -0.25) is 0 Å². The van der Waals surface area contributed by atoms with Crippen molar-refractivity contribution in [1.82, 2.24) is 9.97 Å². The minimum Gasteiger partial charge on any atom is -0.338 e. The summed E-state index contributed by atoms with van der Waals surface area (Å²) >= 11 is 6.11. The summed E-state index contributed by atoms with van der Waals surface area (Å²) < 4.78 is 0. The van der Waals surface area contributed by atoms with Crippen LogP contribution in [0.3, 0.4) is 0 Å². The van der Waals surface area contributed by atoms with Crippen molar-refractivity contribution < 1.29 is 0 Å². The molecule has 0 fully saturated rings. The van der Waals surface area contributed by atoms with E-state index in [2.05, 4.69) is 59.6 Å². The molecule has 4 aromatic carbocycles. The zero-order valence-electron chi connectivity index (χ0n) is 12.8. The monoisotopic (exact) mass is 328 g/mol. The minimum atomic E-state index is 0.698. The maximum absolute atomic E-state index is 6.11. The van der Waals surface area contributed by atoms with E-state index in [0.29, 0.717) is 5.02 Å². The fraction of sp³-hybridized carbons (Fsp3) is 0. The molecular weight excluding hydrogens is 316 g/mol. The summed E-state index contributed by atoms with van der Waals surface area (Å²) in [5, 5.41) is 5.51. The van der Waals surface area contributed by atoms with Crippen LogP contribution in [0, 0.1) is 0 Å². The number of halogens is 1. The lowest BCUT2D eigenvalue weighted by atomic mass is 9.96. The van der Waals surface area contributed by atoms with Crippen molar-refractivity contribution >= 4 is 44.2 Å². The molecule has 0 radical (unpaired) electrons. The molecule has 0 amide bonds. The van der Waals surface area contributed by atoms with Crippen molar-refractivity contribution in [3.05, 3.63) is 77.8 Å². The van der Waals surface area contributed by atoms with Crippen LogP contribution in [0.15, 0.2) is 72.8 Å². The third kappa shape index (κ3) is 2.00. The van der Waals surface area contributed by atoms with Crippen LogP contribution >= 0.6 is 11.6 Å². The average molecular weight is 329 g/mol. The molecular formula is C21H13ClN2. The predicted octanol–water partition coefficient (Wildman–Crippen LogP) is 6.19. The molecule has 0 saturated carbocycles. The first-order chi connectivity index (χ1) is 11.8. The summed E-state index contributed by atoms with van der Waals surface area (Å²) in [6, 6.07) is 24.8. The van der Waals surface area contributed by atoms with Gasteiger partial charge in [-0.15, -0.1) is 0 Å². The molecule has 2 nitrogen and oxygen atoms in total. The summed E-state index contributed by atoms with van der Waals surface area (Å²) in [5.74, 6) is 0.875. The molecule has 1 aromatic heterocycles. The molecule has 0 spiro atoms. The largest absolute Gasteiger partial charge is 0.338 e. The molecule has 3 heteroatoms. The summed E-state index contributed by atoms with van der Waals surface area (Å²) in [6.45, 7) is 0. The average Bonchev–Trinajstić information content (AvgIpc) is 3.02. The second kappa shape index (κ2) is 5.08. The Balaban J connectivity index is 1.94. The van der Waals surface area contributed by atoms with Gasteiger partial charge in [0.05, 0.1) is 11.0 Å². The fourth-order valence-corrected chi connectivity index (χ4v) is 3.53. The van der Waals surface area contributed by atoms with E-state index < -0.39 is 0 Å². The van der Waals surface area contributed by atoms with Crippen LogP contribution in [-0.4, -0.2) is 9.97 Å². The second-order valence-corrected chi connectivity index (χ2v) is 6.38. The van der Waals surface area contributed by atoms with E-state index in [1.807, 2.05) is 18.2 Å². The highest BCUT2D eigenvalue weighted by atomic mass is 35.5. The Morgan fingerprint density at radius 3 is 2.12 bits per heavy atom. The zero-order valence-corrected chi connectivity index (χ0v) is 13.5. The van der Waals surface area contributed by atoms with E-state index in [1.54, 1.807) is 0 Å². The van der Waals surface area contributed by atoms with Gasteiger partial charge in [0.25, 0.3) is 0 Å². The van der Waals surface area contributed by atoms with Gasteiger partial charge in [-0.05, 0) is 45.8 Å². The maximum atomic E-state index is 6.11. The van der Waals surface area contributed by atoms with Gasteiger partial charge in [-0.2, -0.15) is 0 Å². The normalized spacial score (nSPS) is 11.5. The van der Waals surface area contributed by atoms with Crippen LogP contribution in [0.1, 0.15) is 0 Å². The Morgan fingerprint density at radius 2 is 1.42 bits per heavy atom. The van der Waals surface area contributed by atoms with Gasteiger partial charge in [-0.25, -0.2) is 4.98 Å². The summed E-state index contributed by atoms with van der Waals surface area (Å²) in [4.78, 5) is 8.26. The number of fused-ring (bicyclic) bond motifs is 3. The number of aromatic nitrogens is 2. The highest BCUT2D eigenvalue weighted by Crippen LogP contribution is 2.35. The maximum Gasteiger partial charge on any atom is 0.139 e. The van der Waals surface area contributed by atoms with Gasteiger partial charge in [0.15, 0.2) is 0 Å². The Labute approximate surface area is 143 Å². The van der Waals surface area contributed by atoms with E-state index >= 15 is 0 Å². The smallest absolute Gasteiger partial charge is 0.139 e. The van der Waals surface area contributed by atoms with Gasteiger partial charge < -0.3 is 4.98 Å². The molecule has 0 bridgehead atoms. The Bertz CT molecular complexity index is 1170. The number of rotatable bonds is 1. The van der Waals surface area contributed by atoms with Gasteiger partial charge in [0, 0.05) is 10.6 Å². The van der Waals surface area contributed by atoms with Gasteiger partial charge in [-0.1, -0.05) is 60.1 Å². The Hall–Kier alpha value is -2.84. The lowest BCUT2D eigenvalue weighted by Crippen LogP contribution is -1.87. The first-order valence-electron chi connectivity index (χ1n) is 7.86. The molecule has 0 unspecified atom stereocenters. The van der Waals surface area contributed by atoms with Crippen molar-refractivity contribution in [2.75, 3.05) is 0 Å². The van der Waals surface area contributed by atoms with E-state index in [9.17, 15) is 0 Å². The molecule has 0 aliphatic carbocycles. The van der Waals surface area contributed by atoms with Gasteiger partial charge in [0.1, 0.15) is 5.82 Å². The molecule has 0 atom stereocenters. The highest BCUT2D eigenvalue weighted by Gasteiger charge is 2.13. The molecule has 0 aliphatic heterocycles. The SMILES string of the molecule is Clc1ccc2[nH]c(-c3c4ccccc4cc4ccccc34)nc2c1. The molecule has 1 heterocycles. The zero-order chi connectivity index (χ0) is 16.1. The first-order valence-corrected chi connectivity index (χ1v) is 8.23. The topological polar surface area (TPSA) is 28.7 Å². The third-order valence-electron chi connectivity index (χ3n) is 4.45. The lowest BCUT2D eigenvalue weighted by molar-refractivity contribution is 1.35. The summed E-state index contributed by atoms with van der Waals surface area (Å²) in [7, 11) is 0. The van der Waals surface area contributed by atoms with Crippen molar-refractivity contribution in [3.63, 3.8) is 0 Å². The third-order valence-corrected chi connectivity index (χ3v) is 4.69. The minimum absolute atomic E-state index is 0.698.